The summed E-state index contributed by atoms with van der Waals surface area (Å²) in [4.78, 5) is 25.4. The molecule has 0 spiro atoms. The molecule has 2 amide bonds. The monoisotopic (exact) mass is 340 g/mol. The lowest BCUT2D eigenvalue weighted by Crippen LogP contribution is -2.23. The number of ether oxygens (including phenoxy) is 1. The third-order valence-electron chi connectivity index (χ3n) is 3.66. The van der Waals surface area contributed by atoms with Gasteiger partial charge in [0.2, 0.25) is 5.91 Å². The Morgan fingerprint density at radius 1 is 1.12 bits per heavy atom. The van der Waals surface area contributed by atoms with Gasteiger partial charge in [0.25, 0.3) is 5.91 Å². The van der Waals surface area contributed by atoms with Crippen LogP contribution in [-0.4, -0.2) is 25.5 Å². The van der Waals surface area contributed by atoms with Crippen LogP contribution >= 0.6 is 0 Å². The van der Waals surface area contributed by atoms with Crippen LogP contribution in [0.3, 0.4) is 0 Å². The standard InChI is InChI=1S/C20H24N2O3/c1-14(2)13-25-19-10-8-16(9-11-19)20(24)21-17-6-5-7-18(12-17)22(4)15(3)23/h5-12,14H,13H2,1-4H3,(H,21,24). The molecule has 1 N–H and O–H groups in total. The van der Waals surface area contributed by atoms with Crippen LogP contribution in [0.25, 0.3) is 0 Å². The number of benzene rings is 2. The zero-order valence-electron chi connectivity index (χ0n) is 15.1. The van der Waals surface area contributed by atoms with Crippen LogP contribution in [0.4, 0.5) is 11.4 Å². The first kappa shape index (κ1) is 18.5. The Labute approximate surface area is 148 Å². The van der Waals surface area contributed by atoms with Crippen LogP contribution in [0.1, 0.15) is 31.1 Å². The summed E-state index contributed by atoms with van der Waals surface area (Å²) in [6.07, 6.45) is 0. The van der Waals surface area contributed by atoms with Gasteiger partial charge in [-0.3, -0.25) is 9.59 Å². The number of nitrogens with one attached hydrogen (secondary N) is 1. The van der Waals surface area contributed by atoms with E-state index >= 15 is 0 Å². The van der Waals surface area contributed by atoms with Gasteiger partial charge in [-0.15, -0.1) is 0 Å². The summed E-state index contributed by atoms with van der Waals surface area (Å²) in [6.45, 7) is 6.30. The summed E-state index contributed by atoms with van der Waals surface area (Å²) in [5, 5.41) is 2.84. The summed E-state index contributed by atoms with van der Waals surface area (Å²) in [5.74, 6) is 0.914. The first-order valence-corrected chi connectivity index (χ1v) is 8.25. The minimum atomic E-state index is -0.210. The van der Waals surface area contributed by atoms with E-state index in [1.807, 2.05) is 6.07 Å². The zero-order valence-corrected chi connectivity index (χ0v) is 15.1. The molecule has 2 rings (SSSR count). The van der Waals surface area contributed by atoms with Gasteiger partial charge in [0, 0.05) is 30.9 Å². The summed E-state index contributed by atoms with van der Waals surface area (Å²) < 4.78 is 5.62. The van der Waals surface area contributed by atoms with Crippen LogP contribution in [0.15, 0.2) is 48.5 Å². The van der Waals surface area contributed by atoms with E-state index in [9.17, 15) is 9.59 Å². The molecular formula is C20H24N2O3. The molecule has 0 fully saturated rings. The van der Waals surface area contributed by atoms with Gasteiger partial charge in [-0.05, 0) is 48.4 Å². The van der Waals surface area contributed by atoms with Gasteiger partial charge in [0.15, 0.2) is 0 Å². The molecule has 0 saturated carbocycles. The van der Waals surface area contributed by atoms with Crippen molar-refractivity contribution in [3.8, 4) is 5.75 Å². The smallest absolute Gasteiger partial charge is 0.255 e. The van der Waals surface area contributed by atoms with Crippen LogP contribution in [0.5, 0.6) is 5.75 Å². The first-order chi connectivity index (χ1) is 11.9. The molecule has 0 aliphatic carbocycles. The molecule has 0 unspecified atom stereocenters. The van der Waals surface area contributed by atoms with Crippen molar-refractivity contribution in [3.63, 3.8) is 0 Å². The van der Waals surface area contributed by atoms with Gasteiger partial charge < -0.3 is 15.0 Å². The predicted octanol–water partition coefficient (Wildman–Crippen LogP) is 3.96. The molecule has 0 bridgehead atoms. The van der Waals surface area contributed by atoms with Crippen molar-refractivity contribution in [2.24, 2.45) is 5.92 Å². The number of nitrogens with zero attached hydrogens (tertiary/aromatic N) is 1. The van der Waals surface area contributed by atoms with E-state index in [2.05, 4.69) is 19.2 Å². The number of amides is 2. The normalized spacial score (nSPS) is 10.4. The highest BCUT2D eigenvalue weighted by atomic mass is 16.5. The van der Waals surface area contributed by atoms with Crippen molar-refractivity contribution in [3.05, 3.63) is 54.1 Å². The molecule has 0 aromatic heterocycles. The average molecular weight is 340 g/mol. The number of carbonyl (C=O) groups is 2. The first-order valence-electron chi connectivity index (χ1n) is 8.25. The van der Waals surface area contributed by atoms with Gasteiger partial charge in [-0.2, -0.15) is 0 Å². The molecule has 0 atom stereocenters. The molecule has 0 heterocycles. The van der Waals surface area contributed by atoms with Crippen molar-refractivity contribution in [1.29, 1.82) is 0 Å². The second-order valence-electron chi connectivity index (χ2n) is 6.31. The molecule has 0 aliphatic heterocycles. The van der Waals surface area contributed by atoms with Crippen molar-refractivity contribution in [2.75, 3.05) is 23.9 Å². The summed E-state index contributed by atoms with van der Waals surface area (Å²) in [6, 6.07) is 14.2. The molecule has 5 nitrogen and oxygen atoms in total. The second-order valence-corrected chi connectivity index (χ2v) is 6.31. The van der Waals surface area contributed by atoms with Crippen molar-refractivity contribution in [1.82, 2.24) is 0 Å². The highest BCUT2D eigenvalue weighted by molar-refractivity contribution is 6.04. The Kier molecular flexibility index (Phi) is 6.17. The van der Waals surface area contributed by atoms with E-state index in [1.54, 1.807) is 49.5 Å². The Balaban J connectivity index is 2.04. The Morgan fingerprint density at radius 2 is 1.80 bits per heavy atom. The van der Waals surface area contributed by atoms with Gasteiger partial charge in [0.05, 0.1) is 6.61 Å². The number of hydrogen-bond donors (Lipinski definition) is 1. The van der Waals surface area contributed by atoms with Crippen LogP contribution in [-0.2, 0) is 4.79 Å². The van der Waals surface area contributed by atoms with E-state index in [1.165, 1.54) is 11.8 Å². The summed E-state index contributed by atoms with van der Waals surface area (Å²) in [7, 11) is 1.69. The van der Waals surface area contributed by atoms with Gasteiger partial charge in [-0.1, -0.05) is 19.9 Å². The largest absolute Gasteiger partial charge is 0.493 e. The molecule has 25 heavy (non-hydrogen) atoms. The molecule has 0 aliphatic rings. The van der Waals surface area contributed by atoms with Crippen molar-refractivity contribution >= 4 is 23.2 Å². The maximum atomic E-state index is 12.4. The van der Waals surface area contributed by atoms with Crippen molar-refractivity contribution in [2.45, 2.75) is 20.8 Å². The third kappa shape index (κ3) is 5.35. The van der Waals surface area contributed by atoms with Crippen LogP contribution in [0.2, 0.25) is 0 Å². The van der Waals surface area contributed by atoms with Gasteiger partial charge in [-0.25, -0.2) is 0 Å². The lowest BCUT2D eigenvalue weighted by atomic mass is 10.2. The fourth-order valence-corrected chi connectivity index (χ4v) is 2.14. The number of hydrogen-bond acceptors (Lipinski definition) is 3. The molecule has 2 aromatic rings. The Morgan fingerprint density at radius 3 is 2.40 bits per heavy atom. The summed E-state index contributed by atoms with van der Waals surface area (Å²) in [5.41, 5.74) is 1.90. The van der Waals surface area contributed by atoms with Crippen LogP contribution < -0.4 is 15.0 Å². The van der Waals surface area contributed by atoms with Gasteiger partial charge in [0.1, 0.15) is 5.75 Å². The van der Waals surface area contributed by atoms with Gasteiger partial charge >= 0.3 is 0 Å². The highest BCUT2D eigenvalue weighted by Crippen LogP contribution is 2.20. The van der Waals surface area contributed by atoms with E-state index < -0.39 is 0 Å². The third-order valence-corrected chi connectivity index (χ3v) is 3.66. The summed E-state index contributed by atoms with van der Waals surface area (Å²) >= 11 is 0. The fraction of sp³-hybridized carbons (Fsp3) is 0.300. The average Bonchev–Trinajstić information content (AvgIpc) is 2.59. The lowest BCUT2D eigenvalue weighted by Gasteiger charge is -2.16. The minimum absolute atomic E-state index is 0.0690. The molecule has 5 heteroatoms. The van der Waals surface area contributed by atoms with E-state index in [0.29, 0.717) is 23.8 Å². The van der Waals surface area contributed by atoms with Crippen LogP contribution in [0, 0.1) is 5.92 Å². The number of carbonyl (C=O) groups excluding carboxylic acids is 2. The molecule has 132 valence electrons. The minimum Gasteiger partial charge on any atom is -0.493 e. The Hall–Kier alpha value is -2.82. The molecule has 0 saturated heterocycles. The maximum absolute atomic E-state index is 12.4. The fourth-order valence-electron chi connectivity index (χ4n) is 2.14. The zero-order chi connectivity index (χ0) is 18.4. The Bertz CT molecular complexity index is 739. The lowest BCUT2D eigenvalue weighted by molar-refractivity contribution is -0.116. The molecular weight excluding hydrogens is 316 g/mol. The second kappa shape index (κ2) is 8.33. The van der Waals surface area contributed by atoms with E-state index in [0.717, 1.165) is 11.4 Å². The quantitative estimate of drug-likeness (QED) is 0.866. The highest BCUT2D eigenvalue weighted by Gasteiger charge is 2.09. The molecule has 0 radical (unpaired) electrons. The number of anilines is 2. The van der Waals surface area contributed by atoms with Crippen molar-refractivity contribution < 1.29 is 14.3 Å². The molecule has 2 aromatic carbocycles. The SMILES string of the molecule is CC(=O)N(C)c1cccc(NC(=O)c2ccc(OCC(C)C)cc2)c1. The maximum Gasteiger partial charge on any atom is 0.255 e. The number of rotatable bonds is 6. The van der Waals surface area contributed by atoms with E-state index in [4.69, 9.17) is 4.74 Å². The predicted molar refractivity (Wildman–Crippen MR) is 100 cm³/mol. The van der Waals surface area contributed by atoms with E-state index in [-0.39, 0.29) is 11.8 Å². The topological polar surface area (TPSA) is 58.6 Å².